The minimum Gasteiger partial charge on any atom is -0.332 e. The van der Waals surface area contributed by atoms with E-state index >= 15 is 0 Å². The Bertz CT molecular complexity index is 1130. The summed E-state index contributed by atoms with van der Waals surface area (Å²) in [7, 11) is 0. The van der Waals surface area contributed by atoms with Crippen LogP contribution in [0.15, 0.2) is 84.9 Å². The van der Waals surface area contributed by atoms with E-state index in [1.807, 2.05) is 81.4 Å². The molecule has 3 aromatic carbocycles. The molecule has 0 radical (unpaired) electrons. The van der Waals surface area contributed by atoms with Gasteiger partial charge in [0.25, 0.3) is 11.8 Å². The smallest absolute Gasteiger partial charge is 0.262 e. The van der Waals surface area contributed by atoms with Crippen LogP contribution in [0.3, 0.4) is 0 Å². The van der Waals surface area contributed by atoms with Crippen molar-refractivity contribution in [3.8, 4) is 0 Å². The Morgan fingerprint density at radius 3 is 1.70 bits per heavy atom. The third-order valence-corrected chi connectivity index (χ3v) is 5.95. The average molecular weight is 441 g/mol. The lowest BCUT2D eigenvalue weighted by atomic mass is 9.98. The number of carbonyl (C=O) groups excluding carboxylic acids is 3. The van der Waals surface area contributed by atoms with Gasteiger partial charge in [0, 0.05) is 18.5 Å². The van der Waals surface area contributed by atoms with E-state index in [-0.39, 0.29) is 12.3 Å². The first-order chi connectivity index (χ1) is 15.8. The van der Waals surface area contributed by atoms with Crippen LogP contribution in [0.25, 0.3) is 0 Å². The number of nitrogens with zero attached hydrogens (tertiary/aromatic N) is 2. The number of imide groups is 1. The maximum Gasteiger partial charge on any atom is 0.262 e. The van der Waals surface area contributed by atoms with Gasteiger partial charge in [0.1, 0.15) is 6.04 Å². The second-order valence-electron chi connectivity index (χ2n) is 9.31. The molecule has 33 heavy (non-hydrogen) atoms. The number of amides is 3. The summed E-state index contributed by atoms with van der Waals surface area (Å²) >= 11 is 0. The number of hydrogen-bond donors (Lipinski definition) is 0. The molecule has 0 N–H and O–H groups in total. The Morgan fingerprint density at radius 2 is 1.21 bits per heavy atom. The largest absolute Gasteiger partial charge is 0.332 e. The second kappa shape index (κ2) is 9.02. The summed E-state index contributed by atoms with van der Waals surface area (Å²) in [4.78, 5) is 43.6. The van der Waals surface area contributed by atoms with Gasteiger partial charge in [0.15, 0.2) is 0 Å². The molecule has 1 atom stereocenters. The third-order valence-electron chi connectivity index (χ3n) is 5.95. The third kappa shape index (κ3) is 4.58. The number of benzene rings is 3. The van der Waals surface area contributed by atoms with Crippen LogP contribution >= 0.6 is 0 Å². The van der Waals surface area contributed by atoms with Crippen LogP contribution in [-0.4, -0.2) is 39.1 Å². The van der Waals surface area contributed by atoms with Crippen molar-refractivity contribution in [2.24, 2.45) is 0 Å². The number of carbonyl (C=O) groups is 3. The lowest BCUT2D eigenvalue weighted by Crippen LogP contribution is -2.56. The molecule has 0 unspecified atom stereocenters. The van der Waals surface area contributed by atoms with Gasteiger partial charge < -0.3 is 4.90 Å². The van der Waals surface area contributed by atoms with Crippen molar-refractivity contribution in [3.05, 3.63) is 107 Å². The van der Waals surface area contributed by atoms with E-state index < -0.39 is 23.4 Å². The Kier molecular flexibility index (Phi) is 6.14. The molecule has 1 heterocycles. The zero-order chi connectivity index (χ0) is 23.6. The molecule has 0 fully saturated rings. The van der Waals surface area contributed by atoms with Crippen LogP contribution in [0, 0.1) is 0 Å². The molecule has 1 aliphatic heterocycles. The van der Waals surface area contributed by atoms with E-state index in [1.54, 1.807) is 29.2 Å². The van der Waals surface area contributed by atoms with Crippen molar-refractivity contribution in [3.63, 3.8) is 0 Å². The first-order valence-electron chi connectivity index (χ1n) is 11.1. The van der Waals surface area contributed by atoms with E-state index in [0.717, 1.165) is 16.0 Å². The Morgan fingerprint density at radius 1 is 0.758 bits per heavy atom. The summed E-state index contributed by atoms with van der Waals surface area (Å²) in [5.74, 6) is -1.08. The maximum atomic E-state index is 14.1. The lowest BCUT2D eigenvalue weighted by molar-refractivity contribution is -0.141. The highest BCUT2D eigenvalue weighted by atomic mass is 16.2. The van der Waals surface area contributed by atoms with Gasteiger partial charge in [-0.3, -0.25) is 19.3 Å². The van der Waals surface area contributed by atoms with Crippen molar-refractivity contribution in [1.82, 2.24) is 9.80 Å². The Hall–Kier alpha value is -3.73. The van der Waals surface area contributed by atoms with Gasteiger partial charge in [0.2, 0.25) is 5.91 Å². The summed E-state index contributed by atoms with van der Waals surface area (Å²) in [5.41, 5.74) is 2.06. The molecule has 0 bridgehead atoms. The molecule has 0 aliphatic carbocycles. The SMILES string of the molecule is CC(C)(C)N(Cc1ccccc1)C(=O)[C@@H](Cc1ccccc1)N1C(=O)c2ccccc2C1=O. The van der Waals surface area contributed by atoms with Crippen LogP contribution in [0.4, 0.5) is 0 Å². The van der Waals surface area contributed by atoms with Crippen molar-refractivity contribution in [2.45, 2.75) is 45.3 Å². The molecule has 1 aliphatic rings. The topological polar surface area (TPSA) is 57.7 Å². The molecule has 5 nitrogen and oxygen atoms in total. The fourth-order valence-corrected chi connectivity index (χ4v) is 4.21. The molecule has 4 rings (SSSR count). The molecule has 5 heteroatoms. The molecule has 0 saturated carbocycles. The summed E-state index contributed by atoms with van der Waals surface area (Å²) in [5, 5.41) is 0. The van der Waals surface area contributed by atoms with E-state index in [9.17, 15) is 14.4 Å². The lowest BCUT2D eigenvalue weighted by Gasteiger charge is -2.40. The number of fused-ring (bicyclic) bond motifs is 1. The number of rotatable bonds is 6. The molecular weight excluding hydrogens is 412 g/mol. The van der Waals surface area contributed by atoms with Gasteiger partial charge in [-0.2, -0.15) is 0 Å². The Labute approximate surface area is 194 Å². The van der Waals surface area contributed by atoms with Crippen molar-refractivity contribution in [1.29, 1.82) is 0 Å². The van der Waals surface area contributed by atoms with Crippen LogP contribution in [-0.2, 0) is 17.8 Å². The van der Waals surface area contributed by atoms with Gasteiger partial charge in [-0.1, -0.05) is 72.8 Å². The minimum atomic E-state index is -0.942. The molecule has 168 valence electrons. The highest BCUT2D eigenvalue weighted by molar-refractivity contribution is 6.22. The van der Waals surface area contributed by atoms with Crippen LogP contribution in [0.2, 0.25) is 0 Å². The van der Waals surface area contributed by atoms with Crippen LogP contribution < -0.4 is 0 Å². The van der Waals surface area contributed by atoms with Gasteiger partial charge in [-0.25, -0.2) is 0 Å². The van der Waals surface area contributed by atoms with E-state index in [4.69, 9.17) is 0 Å². The monoisotopic (exact) mass is 440 g/mol. The summed E-state index contributed by atoms with van der Waals surface area (Å²) in [6.45, 7) is 6.29. The highest BCUT2D eigenvalue weighted by Gasteiger charge is 2.45. The first-order valence-corrected chi connectivity index (χ1v) is 11.1. The zero-order valence-electron chi connectivity index (χ0n) is 19.2. The summed E-state index contributed by atoms with van der Waals surface area (Å²) < 4.78 is 0. The average Bonchev–Trinajstić information content (AvgIpc) is 3.06. The fraction of sp³-hybridized carbons (Fsp3) is 0.250. The normalized spacial score (nSPS) is 14.2. The first kappa shape index (κ1) is 22.5. The highest BCUT2D eigenvalue weighted by Crippen LogP contribution is 2.29. The van der Waals surface area contributed by atoms with Crippen LogP contribution in [0.1, 0.15) is 52.6 Å². The fourth-order valence-electron chi connectivity index (χ4n) is 4.21. The summed E-state index contributed by atoms with van der Waals surface area (Å²) in [6.07, 6.45) is 0.256. The predicted molar refractivity (Wildman–Crippen MR) is 128 cm³/mol. The zero-order valence-corrected chi connectivity index (χ0v) is 19.2. The van der Waals surface area contributed by atoms with Crippen molar-refractivity contribution in [2.75, 3.05) is 0 Å². The predicted octanol–water partition coefficient (Wildman–Crippen LogP) is 4.72. The quantitative estimate of drug-likeness (QED) is 0.521. The molecule has 0 saturated heterocycles. The molecule has 3 aromatic rings. The molecule has 3 amide bonds. The van der Waals surface area contributed by atoms with Crippen molar-refractivity contribution < 1.29 is 14.4 Å². The van der Waals surface area contributed by atoms with E-state index in [0.29, 0.717) is 17.7 Å². The maximum absolute atomic E-state index is 14.1. The number of hydrogen-bond acceptors (Lipinski definition) is 3. The van der Waals surface area contributed by atoms with Gasteiger partial charge >= 0.3 is 0 Å². The molecule has 0 aromatic heterocycles. The molecule has 0 spiro atoms. The Balaban J connectivity index is 1.74. The van der Waals surface area contributed by atoms with Gasteiger partial charge in [-0.05, 0) is 44.0 Å². The van der Waals surface area contributed by atoms with E-state index in [2.05, 4.69) is 0 Å². The molecular formula is C28H28N2O3. The minimum absolute atomic E-state index is 0.246. The van der Waals surface area contributed by atoms with Crippen molar-refractivity contribution >= 4 is 17.7 Å². The van der Waals surface area contributed by atoms with Crippen LogP contribution in [0.5, 0.6) is 0 Å². The van der Waals surface area contributed by atoms with Gasteiger partial charge in [0.05, 0.1) is 11.1 Å². The standard InChI is InChI=1S/C28H28N2O3/c1-28(2,3)29(19-21-14-8-5-9-15-21)27(33)24(18-20-12-6-4-7-13-20)30-25(31)22-16-10-11-17-23(22)26(30)32/h4-17,24H,18-19H2,1-3H3/t24-/m1/s1. The van der Waals surface area contributed by atoms with E-state index in [1.165, 1.54) is 0 Å². The second-order valence-corrected chi connectivity index (χ2v) is 9.31. The van der Waals surface area contributed by atoms with Gasteiger partial charge in [-0.15, -0.1) is 0 Å². The summed E-state index contributed by atoms with van der Waals surface area (Å²) in [6, 6.07) is 25.1.